The van der Waals surface area contributed by atoms with Crippen molar-refractivity contribution in [1.29, 1.82) is 0 Å². The number of carbonyl (C=O) groups excluding carboxylic acids is 1. The Kier molecular flexibility index (Phi) is 3.98. The number of nitro groups is 1. The minimum atomic E-state index is -1.42. The predicted octanol–water partition coefficient (Wildman–Crippen LogP) is 2.43. The first-order chi connectivity index (χ1) is 7.84. The van der Waals surface area contributed by atoms with Gasteiger partial charge in [-0.1, -0.05) is 18.2 Å². The molecule has 0 amide bonds. The molecule has 0 aromatic heterocycles. The van der Waals surface area contributed by atoms with E-state index in [1.807, 2.05) is 0 Å². The number of Topliss-reactive ketones (excluding diaryl/α,β-unsaturated/α-hetero) is 1. The van der Waals surface area contributed by atoms with Gasteiger partial charge in [0.2, 0.25) is 0 Å². The Morgan fingerprint density at radius 2 is 2.18 bits per heavy atom. The molecule has 0 aliphatic heterocycles. The van der Waals surface area contributed by atoms with E-state index < -0.39 is 16.8 Å². The predicted molar refractivity (Wildman–Crippen MR) is 62.9 cm³/mol. The van der Waals surface area contributed by atoms with Crippen molar-refractivity contribution in [2.75, 3.05) is 0 Å². The molecular formula is C11H10ClNO4. The van der Waals surface area contributed by atoms with Crippen LogP contribution in [0.5, 0.6) is 0 Å². The largest absolute Gasteiger partial charge is 0.383 e. The second-order valence-electron chi connectivity index (χ2n) is 3.44. The van der Waals surface area contributed by atoms with E-state index in [-0.39, 0.29) is 21.8 Å². The van der Waals surface area contributed by atoms with Gasteiger partial charge in [0, 0.05) is 16.7 Å². The molecule has 0 saturated heterocycles. The Morgan fingerprint density at radius 1 is 1.59 bits per heavy atom. The zero-order valence-electron chi connectivity index (χ0n) is 9.01. The number of carbonyl (C=O) groups is 1. The fraction of sp³-hybridized carbons (Fsp3) is 0.182. The second-order valence-corrected chi connectivity index (χ2v) is 3.88. The molecule has 1 N–H and O–H groups in total. The van der Waals surface area contributed by atoms with Crippen LogP contribution in [0.1, 0.15) is 18.6 Å². The molecule has 90 valence electrons. The fourth-order valence-electron chi connectivity index (χ4n) is 1.29. The molecule has 1 rings (SSSR count). The lowest BCUT2D eigenvalue weighted by Crippen LogP contribution is -2.09. The van der Waals surface area contributed by atoms with Crippen LogP contribution in [0.2, 0.25) is 5.02 Å². The molecule has 1 aromatic rings. The zero-order chi connectivity index (χ0) is 13.2. The molecule has 0 aliphatic carbocycles. The van der Waals surface area contributed by atoms with Crippen molar-refractivity contribution >= 4 is 23.1 Å². The van der Waals surface area contributed by atoms with Crippen molar-refractivity contribution in [2.45, 2.75) is 13.0 Å². The Hall–Kier alpha value is -1.72. The van der Waals surface area contributed by atoms with Crippen molar-refractivity contribution in [1.82, 2.24) is 0 Å². The maximum Gasteiger partial charge on any atom is 0.275 e. The number of halogens is 1. The first-order valence-electron chi connectivity index (χ1n) is 4.66. The first kappa shape index (κ1) is 13.3. The Labute approximate surface area is 102 Å². The molecule has 17 heavy (non-hydrogen) atoms. The van der Waals surface area contributed by atoms with Gasteiger partial charge >= 0.3 is 0 Å². The number of hydrogen-bond donors (Lipinski definition) is 1. The van der Waals surface area contributed by atoms with Crippen LogP contribution in [-0.4, -0.2) is 15.8 Å². The summed E-state index contributed by atoms with van der Waals surface area (Å²) in [4.78, 5) is 21.2. The van der Waals surface area contributed by atoms with Gasteiger partial charge in [-0.05, 0) is 19.1 Å². The summed E-state index contributed by atoms with van der Waals surface area (Å²) in [5.74, 6) is -0.438. The van der Waals surface area contributed by atoms with Crippen molar-refractivity contribution < 1.29 is 14.8 Å². The van der Waals surface area contributed by atoms with Crippen LogP contribution in [-0.2, 0) is 4.79 Å². The molecule has 0 aliphatic rings. The average Bonchev–Trinajstić information content (AvgIpc) is 2.26. The number of nitrogens with zero attached hydrogens (tertiary/aromatic N) is 1. The molecule has 0 radical (unpaired) electrons. The van der Waals surface area contributed by atoms with Gasteiger partial charge in [0.1, 0.15) is 6.10 Å². The van der Waals surface area contributed by atoms with Crippen LogP contribution in [0.3, 0.4) is 0 Å². The Balaban J connectivity index is 3.28. The van der Waals surface area contributed by atoms with E-state index in [1.165, 1.54) is 25.1 Å². The van der Waals surface area contributed by atoms with Crippen LogP contribution in [0, 0.1) is 10.1 Å². The summed E-state index contributed by atoms with van der Waals surface area (Å²) in [7, 11) is 0. The minimum Gasteiger partial charge on any atom is -0.383 e. The topological polar surface area (TPSA) is 80.4 Å². The molecular weight excluding hydrogens is 246 g/mol. The zero-order valence-corrected chi connectivity index (χ0v) is 9.77. The molecule has 6 heteroatoms. The van der Waals surface area contributed by atoms with Gasteiger partial charge in [0.25, 0.3) is 5.69 Å². The van der Waals surface area contributed by atoms with E-state index in [2.05, 4.69) is 6.58 Å². The smallest absolute Gasteiger partial charge is 0.275 e. The summed E-state index contributed by atoms with van der Waals surface area (Å²) in [5, 5.41) is 20.8. The molecule has 1 atom stereocenters. The van der Waals surface area contributed by atoms with Crippen molar-refractivity contribution in [3.8, 4) is 0 Å². The van der Waals surface area contributed by atoms with Gasteiger partial charge in [-0.2, -0.15) is 0 Å². The standard InChI is InChI=1S/C11H10ClNO4/c1-6(7(2)14)11(15)9-5-8(12)3-4-10(9)13(16)17/h3-5,11,15H,1H2,2H3/t11-/m0/s1. The number of aliphatic hydroxyl groups excluding tert-OH is 1. The average molecular weight is 256 g/mol. The monoisotopic (exact) mass is 255 g/mol. The van der Waals surface area contributed by atoms with Crippen molar-refractivity contribution in [3.05, 3.63) is 51.1 Å². The number of aliphatic hydroxyl groups is 1. The van der Waals surface area contributed by atoms with E-state index >= 15 is 0 Å². The third kappa shape index (κ3) is 2.89. The number of nitro benzene ring substituents is 1. The highest BCUT2D eigenvalue weighted by Gasteiger charge is 2.24. The quantitative estimate of drug-likeness (QED) is 0.509. The Bertz CT molecular complexity index is 498. The van der Waals surface area contributed by atoms with Crippen molar-refractivity contribution in [3.63, 3.8) is 0 Å². The second kappa shape index (κ2) is 5.07. The maximum atomic E-state index is 11.1. The van der Waals surface area contributed by atoms with E-state index in [0.29, 0.717) is 0 Å². The maximum absolute atomic E-state index is 11.1. The third-order valence-corrected chi connectivity index (χ3v) is 2.50. The lowest BCUT2D eigenvalue weighted by atomic mass is 9.99. The molecule has 0 bridgehead atoms. The third-order valence-electron chi connectivity index (χ3n) is 2.26. The van der Waals surface area contributed by atoms with E-state index in [4.69, 9.17) is 11.6 Å². The summed E-state index contributed by atoms with van der Waals surface area (Å²) in [6.45, 7) is 4.62. The van der Waals surface area contributed by atoms with Crippen LogP contribution < -0.4 is 0 Å². The SMILES string of the molecule is C=C(C(C)=O)[C@H](O)c1cc(Cl)ccc1[N+](=O)[O-]. The first-order valence-corrected chi connectivity index (χ1v) is 5.04. The lowest BCUT2D eigenvalue weighted by Gasteiger charge is -2.12. The summed E-state index contributed by atoms with van der Waals surface area (Å²) in [6.07, 6.45) is -1.42. The highest BCUT2D eigenvalue weighted by molar-refractivity contribution is 6.30. The van der Waals surface area contributed by atoms with Gasteiger partial charge in [-0.25, -0.2) is 0 Å². The molecule has 5 nitrogen and oxygen atoms in total. The van der Waals surface area contributed by atoms with Gasteiger partial charge in [0.15, 0.2) is 5.78 Å². The normalized spacial score (nSPS) is 11.9. The van der Waals surface area contributed by atoms with E-state index in [9.17, 15) is 20.0 Å². The highest BCUT2D eigenvalue weighted by atomic mass is 35.5. The van der Waals surface area contributed by atoms with Gasteiger partial charge in [0.05, 0.1) is 10.5 Å². The van der Waals surface area contributed by atoms with Gasteiger partial charge in [-0.3, -0.25) is 14.9 Å². The van der Waals surface area contributed by atoms with Crippen LogP contribution >= 0.6 is 11.6 Å². The van der Waals surface area contributed by atoms with Gasteiger partial charge < -0.3 is 5.11 Å². The lowest BCUT2D eigenvalue weighted by molar-refractivity contribution is -0.386. The van der Waals surface area contributed by atoms with Gasteiger partial charge in [-0.15, -0.1) is 0 Å². The Morgan fingerprint density at radius 3 is 2.65 bits per heavy atom. The van der Waals surface area contributed by atoms with Crippen LogP contribution in [0.25, 0.3) is 0 Å². The van der Waals surface area contributed by atoms with Crippen molar-refractivity contribution in [2.24, 2.45) is 0 Å². The molecule has 0 spiro atoms. The number of hydrogen-bond acceptors (Lipinski definition) is 4. The molecule has 0 unspecified atom stereocenters. The number of benzene rings is 1. The highest BCUT2D eigenvalue weighted by Crippen LogP contribution is 2.31. The molecule has 0 fully saturated rings. The van der Waals surface area contributed by atoms with Crippen LogP contribution in [0.4, 0.5) is 5.69 Å². The van der Waals surface area contributed by atoms with E-state index in [0.717, 1.165) is 0 Å². The molecule has 0 saturated carbocycles. The summed E-state index contributed by atoms with van der Waals surface area (Å²) in [5.41, 5.74) is -0.456. The van der Waals surface area contributed by atoms with E-state index in [1.54, 1.807) is 0 Å². The van der Waals surface area contributed by atoms with Crippen LogP contribution in [0.15, 0.2) is 30.4 Å². The molecule has 0 heterocycles. The summed E-state index contributed by atoms with van der Waals surface area (Å²) < 4.78 is 0. The minimum absolute atomic E-state index is 0.0392. The fourth-order valence-corrected chi connectivity index (χ4v) is 1.47. The summed E-state index contributed by atoms with van der Waals surface area (Å²) in [6, 6.07) is 3.76. The summed E-state index contributed by atoms with van der Waals surface area (Å²) >= 11 is 5.70. The number of rotatable bonds is 4. The molecule has 1 aromatic carbocycles. The number of ketones is 1.